The van der Waals surface area contributed by atoms with Gasteiger partial charge < -0.3 is 10.3 Å². The van der Waals surface area contributed by atoms with E-state index in [0.717, 1.165) is 5.56 Å². The highest BCUT2D eigenvalue weighted by atomic mass is 35.5. The monoisotopic (exact) mass is 386 g/mol. The summed E-state index contributed by atoms with van der Waals surface area (Å²) >= 11 is 11.8. The van der Waals surface area contributed by atoms with Crippen molar-refractivity contribution in [2.45, 2.75) is 6.54 Å². The average Bonchev–Trinajstić information content (AvgIpc) is 3.01. The molecule has 1 amide bonds. The fourth-order valence-electron chi connectivity index (χ4n) is 2.73. The summed E-state index contributed by atoms with van der Waals surface area (Å²) in [5, 5.41) is 3.60. The van der Waals surface area contributed by atoms with Crippen LogP contribution in [-0.4, -0.2) is 20.3 Å². The van der Waals surface area contributed by atoms with Crippen LogP contribution in [0.5, 0.6) is 0 Å². The number of fused-ring (bicyclic) bond motifs is 3. The molecule has 130 valence electrons. The number of nitrogens with one attached hydrogen (secondary N) is 2. The first-order valence-corrected chi connectivity index (χ1v) is 8.51. The molecule has 26 heavy (non-hydrogen) atoms. The third-order valence-corrected chi connectivity index (χ3v) is 4.72. The Morgan fingerprint density at radius 1 is 1.12 bits per heavy atom. The van der Waals surface area contributed by atoms with Crippen LogP contribution >= 0.6 is 23.2 Å². The number of para-hydroxylation sites is 2. The summed E-state index contributed by atoms with van der Waals surface area (Å²) in [6.45, 7) is 0.249. The van der Waals surface area contributed by atoms with Crippen molar-refractivity contribution < 1.29 is 4.79 Å². The first-order valence-electron chi connectivity index (χ1n) is 7.75. The molecule has 2 aromatic carbocycles. The highest BCUT2D eigenvalue weighted by Gasteiger charge is 2.13. The van der Waals surface area contributed by atoms with Crippen molar-refractivity contribution in [3.8, 4) is 0 Å². The van der Waals surface area contributed by atoms with Gasteiger partial charge >= 0.3 is 0 Å². The number of rotatable bonds is 3. The molecular weight excluding hydrogens is 375 g/mol. The second kappa shape index (κ2) is 6.48. The Bertz CT molecular complexity index is 1210. The Kier molecular flexibility index (Phi) is 4.14. The smallest absolute Gasteiger partial charge is 0.268 e. The van der Waals surface area contributed by atoms with Crippen LogP contribution in [0.15, 0.2) is 53.3 Å². The Hall–Kier alpha value is -2.83. The SMILES string of the molecule is O=C(NCc1ccc(Cl)c(Cl)c1)c1cc(=O)n2c(nc3ccccc32)[nH]1. The maximum absolute atomic E-state index is 12.4. The van der Waals surface area contributed by atoms with Gasteiger partial charge in [-0.2, -0.15) is 0 Å². The topological polar surface area (TPSA) is 79.3 Å². The molecule has 2 aromatic heterocycles. The van der Waals surface area contributed by atoms with Crippen molar-refractivity contribution in [1.29, 1.82) is 0 Å². The summed E-state index contributed by atoms with van der Waals surface area (Å²) < 4.78 is 1.44. The standard InChI is InChI=1S/C18H12Cl2N4O2/c19-11-6-5-10(7-12(11)20)9-21-17(26)14-8-16(25)24-15-4-2-1-3-13(15)22-18(24)23-14/h1-8H,9H2,(H,21,26)(H,22,23). The molecule has 6 nitrogen and oxygen atoms in total. The molecule has 0 unspecified atom stereocenters. The van der Waals surface area contributed by atoms with E-state index < -0.39 is 5.91 Å². The molecule has 2 N–H and O–H groups in total. The number of nitrogens with zero attached hydrogens (tertiary/aromatic N) is 2. The molecule has 0 bridgehead atoms. The number of benzene rings is 2. The highest BCUT2D eigenvalue weighted by Crippen LogP contribution is 2.22. The van der Waals surface area contributed by atoms with E-state index in [1.165, 1.54) is 10.5 Å². The lowest BCUT2D eigenvalue weighted by Gasteiger charge is -2.07. The van der Waals surface area contributed by atoms with Gasteiger partial charge in [0, 0.05) is 12.6 Å². The molecule has 0 aliphatic carbocycles. The maximum atomic E-state index is 12.4. The summed E-state index contributed by atoms with van der Waals surface area (Å²) in [4.78, 5) is 32.1. The van der Waals surface area contributed by atoms with Crippen molar-refractivity contribution >= 4 is 45.9 Å². The van der Waals surface area contributed by atoms with Gasteiger partial charge in [-0.25, -0.2) is 9.38 Å². The molecule has 4 rings (SSSR count). The molecule has 0 radical (unpaired) electrons. The van der Waals surface area contributed by atoms with E-state index in [-0.39, 0.29) is 17.8 Å². The fraction of sp³-hybridized carbons (Fsp3) is 0.0556. The first-order chi connectivity index (χ1) is 12.5. The van der Waals surface area contributed by atoms with Crippen LogP contribution in [-0.2, 0) is 6.54 Å². The molecule has 4 aromatic rings. The zero-order chi connectivity index (χ0) is 18.3. The number of hydrogen-bond acceptors (Lipinski definition) is 3. The van der Waals surface area contributed by atoms with E-state index in [1.54, 1.807) is 30.3 Å². The van der Waals surface area contributed by atoms with E-state index >= 15 is 0 Å². The molecule has 8 heteroatoms. The number of amides is 1. The first kappa shape index (κ1) is 16.6. The van der Waals surface area contributed by atoms with Crippen LogP contribution < -0.4 is 10.9 Å². The lowest BCUT2D eigenvalue weighted by atomic mass is 10.2. The van der Waals surface area contributed by atoms with Crippen LogP contribution in [0.2, 0.25) is 10.0 Å². The fourth-order valence-corrected chi connectivity index (χ4v) is 3.05. The minimum atomic E-state index is -0.414. The van der Waals surface area contributed by atoms with Crippen LogP contribution in [0.4, 0.5) is 0 Å². The molecule has 2 heterocycles. The summed E-state index contributed by atoms with van der Waals surface area (Å²) in [6, 6.07) is 13.6. The predicted molar refractivity (Wildman–Crippen MR) is 101 cm³/mol. The number of carbonyl (C=O) groups excluding carboxylic acids is 1. The number of H-pyrrole nitrogens is 1. The van der Waals surface area contributed by atoms with Gasteiger partial charge in [-0.05, 0) is 29.8 Å². The Morgan fingerprint density at radius 2 is 1.92 bits per heavy atom. The van der Waals surface area contributed by atoms with E-state index in [2.05, 4.69) is 15.3 Å². The highest BCUT2D eigenvalue weighted by molar-refractivity contribution is 6.42. The molecule has 0 aliphatic heterocycles. The Labute approximate surface area is 157 Å². The van der Waals surface area contributed by atoms with Gasteiger partial charge in [0.15, 0.2) is 0 Å². The summed E-state index contributed by atoms with van der Waals surface area (Å²) in [6.07, 6.45) is 0. The summed E-state index contributed by atoms with van der Waals surface area (Å²) in [5.74, 6) is -0.0962. The zero-order valence-electron chi connectivity index (χ0n) is 13.3. The maximum Gasteiger partial charge on any atom is 0.268 e. The van der Waals surface area contributed by atoms with E-state index in [9.17, 15) is 9.59 Å². The van der Waals surface area contributed by atoms with Crippen molar-refractivity contribution in [3.63, 3.8) is 0 Å². The third kappa shape index (κ3) is 2.94. The molecule has 0 atom stereocenters. The Morgan fingerprint density at radius 3 is 2.73 bits per heavy atom. The van der Waals surface area contributed by atoms with Gasteiger partial charge in [-0.15, -0.1) is 0 Å². The number of imidazole rings is 1. The van der Waals surface area contributed by atoms with Crippen LogP contribution in [0, 0.1) is 0 Å². The zero-order valence-corrected chi connectivity index (χ0v) is 14.8. The van der Waals surface area contributed by atoms with Gasteiger partial charge in [0.1, 0.15) is 5.69 Å². The molecule has 0 spiro atoms. The number of halogens is 2. The van der Waals surface area contributed by atoms with Gasteiger partial charge in [-0.3, -0.25) is 9.59 Å². The third-order valence-electron chi connectivity index (χ3n) is 3.98. The van der Waals surface area contributed by atoms with Crippen molar-refractivity contribution in [1.82, 2.24) is 19.7 Å². The van der Waals surface area contributed by atoms with Gasteiger partial charge in [0.2, 0.25) is 5.78 Å². The molecule has 0 fully saturated rings. The van der Waals surface area contributed by atoms with Gasteiger partial charge in [0.05, 0.1) is 21.1 Å². The minimum absolute atomic E-state index is 0.137. The molecule has 0 aliphatic rings. The lowest BCUT2D eigenvalue weighted by molar-refractivity contribution is 0.0946. The second-order valence-electron chi connectivity index (χ2n) is 5.71. The van der Waals surface area contributed by atoms with E-state index in [0.29, 0.717) is 26.9 Å². The lowest BCUT2D eigenvalue weighted by Crippen LogP contribution is -2.26. The largest absolute Gasteiger partial charge is 0.347 e. The normalized spacial score (nSPS) is 11.2. The molecule has 0 saturated carbocycles. The van der Waals surface area contributed by atoms with Gasteiger partial charge in [0.25, 0.3) is 11.5 Å². The predicted octanol–water partition coefficient (Wildman–Crippen LogP) is 3.41. The van der Waals surface area contributed by atoms with Crippen molar-refractivity contribution in [2.24, 2.45) is 0 Å². The minimum Gasteiger partial charge on any atom is -0.347 e. The van der Waals surface area contributed by atoms with Gasteiger partial charge in [-0.1, -0.05) is 41.4 Å². The van der Waals surface area contributed by atoms with E-state index in [1.807, 2.05) is 12.1 Å². The number of aromatic amines is 1. The van der Waals surface area contributed by atoms with Crippen molar-refractivity contribution in [2.75, 3.05) is 0 Å². The quantitative estimate of drug-likeness (QED) is 0.566. The van der Waals surface area contributed by atoms with Crippen LogP contribution in [0.25, 0.3) is 16.8 Å². The summed E-state index contributed by atoms with van der Waals surface area (Å²) in [5.41, 5.74) is 1.97. The van der Waals surface area contributed by atoms with Crippen LogP contribution in [0.3, 0.4) is 0 Å². The molecule has 0 saturated heterocycles. The molecular formula is C18H12Cl2N4O2. The summed E-state index contributed by atoms with van der Waals surface area (Å²) in [7, 11) is 0. The van der Waals surface area contributed by atoms with E-state index in [4.69, 9.17) is 23.2 Å². The average molecular weight is 387 g/mol. The second-order valence-corrected chi connectivity index (χ2v) is 6.53. The Balaban J connectivity index is 1.63. The number of hydrogen-bond donors (Lipinski definition) is 2. The number of aromatic nitrogens is 3. The number of carbonyl (C=O) groups is 1. The van der Waals surface area contributed by atoms with Crippen molar-refractivity contribution in [3.05, 3.63) is 80.2 Å². The van der Waals surface area contributed by atoms with Crippen LogP contribution in [0.1, 0.15) is 16.1 Å².